The van der Waals surface area contributed by atoms with Crippen LogP contribution in [0.15, 0.2) is 30.3 Å². The van der Waals surface area contributed by atoms with Crippen molar-refractivity contribution in [1.82, 2.24) is 4.57 Å². The van der Waals surface area contributed by atoms with E-state index >= 15 is 0 Å². The van der Waals surface area contributed by atoms with E-state index in [0.717, 1.165) is 24.4 Å². The van der Waals surface area contributed by atoms with Gasteiger partial charge in [0.25, 0.3) is 0 Å². The quantitative estimate of drug-likeness (QED) is 0.551. The van der Waals surface area contributed by atoms with Crippen LogP contribution in [-0.4, -0.2) is 30.7 Å². The number of Topliss-reactive ketones (excluding diaryl/α,β-unsaturated/α-hetero) is 1. The number of ketones is 1. The molecule has 0 unspecified atom stereocenters. The molecule has 0 fully saturated rings. The second kappa shape index (κ2) is 8.32. The molecule has 0 N–H and O–H groups in total. The molecule has 1 aromatic heterocycles. The number of nitriles is 1. The number of hydrogen-bond acceptors (Lipinski definition) is 4. The highest BCUT2D eigenvalue weighted by molar-refractivity contribution is 5.98. The van der Waals surface area contributed by atoms with Crippen molar-refractivity contribution >= 4 is 5.78 Å². The van der Waals surface area contributed by atoms with Gasteiger partial charge in [0, 0.05) is 37.2 Å². The molecule has 0 amide bonds. The highest BCUT2D eigenvalue weighted by Crippen LogP contribution is 2.18. The first-order valence-electron chi connectivity index (χ1n) is 7.88. The Labute approximate surface area is 142 Å². The molecule has 0 saturated carbocycles. The lowest BCUT2D eigenvalue weighted by Gasteiger charge is -2.09. The minimum Gasteiger partial charge on any atom is -0.485 e. The zero-order valence-electron chi connectivity index (χ0n) is 14.3. The zero-order valence-corrected chi connectivity index (χ0v) is 14.3. The van der Waals surface area contributed by atoms with Gasteiger partial charge in [-0.15, -0.1) is 0 Å². The largest absolute Gasteiger partial charge is 0.485 e. The normalized spacial score (nSPS) is 10.4. The fourth-order valence-corrected chi connectivity index (χ4v) is 2.68. The first-order valence-corrected chi connectivity index (χ1v) is 7.88. The maximum Gasteiger partial charge on any atom is 0.202 e. The van der Waals surface area contributed by atoms with Crippen molar-refractivity contribution in [3.63, 3.8) is 0 Å². The van der Waals surface area contributed by atoms with Crippen molar-refractivity contribution in [2.45, 2.75) is 26.8 Å². The first kappa shape index (κ1) is 17.8. The summed E-state index contributed by atoms with van der Waals surface area (Å²) >= 11 is 0. The summed E-state index contributed by atoms with van der Waals surface area (Å²) in [5, 5.41) is 8.89. The van der Waals surface area contributed by atoms with E-state index in [-0.39, 0.29) is 12.4 Å². The number of carbonyl (C=O) groups excluding carboxylic acids is 1. The van der Waals surface area contributed by atoms with Gasteiger partial charge in [0.15, 0.2) is 6.61 Å². The maximum atomic E-state index is 12.5. The maximum absolute atomic E-state index is 12.5. The number of rotatable bonds is 8. The van der Waals surface area contributed by atoms with Gasteiger partial charge in [-0.05, 0) is 44.5 Å². The summed E-state index contributed by atoms with van der Waals surface area (Å²) in [5.74, 6) is 0.458. The van der Waals surface area contributed by atoms with E-state index in [1.165, 1.54) is 0 Å². The molecule has 0 aliphatic rings. The average molecular weight is 326 g/mol. The number of aromatic nitrogens is 1. The van der Waals surface area contributed by atoms with Crippen molar-refractivity contribution in [1.29, 1.82) is 5.26 Å². The van der Waals surface area contributed by atoms with Gasteiger partial charge >= 0.3 is 0 Å². The number of benzene rings is 1. The molecule has 5 nitrogen and oxygen atoms in total. The minimum absolute atomic E-state index is 0.0444. The van der Waals surface area contributed by atoms with E-state index in [9.17, 15) is 4.79 Å². The lowest BCUT2D eigenvalue weighted by atomic mass is 10.1. The Kier molecular flexibility index (Phi) is 6.16. The van der Waals surface area contributed by atoms with Crippen molar-refractivity contribution in [3.8, 4) is 11.8 Å². The molecule has 0 spiro atoms. The third-order valence-electron chi connectivity index (χ3n) is 3.94. The van der Waals surface area contributed by atoms with Gasteiger partial charge in [-0.2, -0.15) is 5.26 Å². The Hall–Kier alpha value is -2.58. The third kappa shape index (κ3) is 4.24. The SMILES string of the molecule is COCCCn1c(C)cc(C(=O)COc2cccc(C#N)c2)c1C. The molecule has 1 heterocycles. The fraction of sp³-hybridized carbons (Fsp3) is 0.368. The van der Waals surface area contributed by atoms with Crippen LogP contribution >= 0.6 is 0 Å². The van der Waals surface area contributed by atoms with Crippen molar-refractivity contribution < 1.29 is 14.3 Å². The van der Waals surface area contributed by atoms with Crippen molar-refractivity contribution in [2.75, 3.05) is 20.3 Å². The van der Waals surface area contributed by atoms with Crippen LogP contribution in [0.25, 0.3) is 0 Å². The Morgan fingerprint density at radius 1 is 1.29 bits per heavy atom. The summed E-state index contributed by atoms with van der Waals surface area (Å²) < 4.78 is 12.7. The summed E-state index contributed by atoms with van der Waals surface area (Å²) in [6.45, 7) is 5.41. The number of carbonyl (C=O) groups is 1. The predicted octanol–water partition coefficient (Wildman–Crippen LogP) is 3.27. The Morgan fingerprint density at radius 3 is 2.79 bits per heavy atom. The van der Waals surface area contributed by atoms with E-state index in [1.54, 1.807) is 31.4 Å². The zero-order chi connectivity index (χ0) is 17.5. The number of aryl methyl sites for hydroxylation is 1. The summed E-state index contributed by atoms with van der Waals surface area (Å²) in [6.07, 6.45) is 0.901. The second-order valence-electron chi connectivity index (χ2n) is 5.63. The van der Waals surface area contributed by atoms with Crippen molar-refractivity contribution in [2.24, 2.45) is 0 Å². The van der Waals surface area contributed by atoms with Gasteiger partial charge in [-0.3, -0.25) is 4.79 Å². The molecular weight excluding hydrogens is 304 g/mol. The molecule has 126 valence electrons. The van der Waals surface area contributed by atoms with E-state index in [4.69, 9.17) is 14.7 Å². The van der Waals surface area contributed by atoms with Crippen LogP contribution in [0.5, 0.6) is 5.75 Å². The fourth-order valence-electron chi connectivity index (χ4n) is 2.68. The van der Waals surface area contributed by atoms with Gasteiger partial charge < -0.3 is 14.0 Å². The molecular formula is C19H22N2O3. The third-order valence-corrected chi connectivity index (χ3v) is 3.94. The smallest absolute Gasteiger partial charge is 0.202 e. The van der Waals surface area contributed by atoms with Crippen LogP contribution in [0.2, 0.25) is 0 Å². The van der Waals surface area contributed by atoms with Gasteiger partial charge in [0.2, 0.25) is 5.78 Å². The van der Waals surface area contributed by atoms with Crippen LogP contribution in [0.4, 0.5) is 0 Å². The van der Waals surface area contributed by atoms with Crippen molar-refractivity contribution in [3.05, 3.63) is 52.8 Å². The monoisotopic (exact) mass is 326 g/mol. The van der Waals surface area contributed by atoms with E-state index in [2.05, 4.69) is 10.6 Å². The lowest BCUT2D eigenvalue weighted by Crippen LogP contribution is -2.13. The molecule has 24 heavy (non-hydrogen) atoms. The van der Waals surface area contributed by atoms with E-state index in [0.29, 0.717) is 23.5 Å². The van der Waals surface area contributed by atoms with E-state index in [1.807, 2.05) is 19.9 Å². The number of nitrogens with zero attached hydrogens (tertiary/aromatic N) is 2. The molecule has 0 atom stereocenters. The van der Waals surface area contributed by atoms with Gasteiger partial charge in [0.05, 0.1) is 11.6 Å². The Balaban J connectivity index is 2.04. The average Bonchev–Trinajstić information content (AvgIpc) is 2.88. The van der Waals surface area contributed by atoms with E-state index < -0.39 is 0 Å². The van der Waals surface area contributed by atoms with Gasteiger partial charge in [-0.1, -0.05) is 6.07 Å². The lowest BCUT2D eigenvalue weighted by molar-refractivity contribution is 0.0920. The van der Waals surface area contributed by atoms with Crippen LogP contribution in [0.3, 0.4) is 0 Å². The molecule has 2 rings (SSSR count). The number of hydrogen-bond donors (Lipinski definition) is 0. The molecule has 0 aliphatic heterocycles. The highest BCUT2D eigenvalue weighted by Gasteiger charge is 2.16. The summed E-state index contributed by atoms with van der Waals surface area (Å²) in [5.41, 5.74) is 3.19. The first-order chi connectivity index (χ1) is 11.6. The molecule has 0 aliphatic carbocycles. The van der Waals surface area contributed by atoms with Gasteiger partial charge in [-0.25, -0.2) is 0 Å². The number of methoxy groups -OCH3 is 1. The van der Waals surface area contributed by atoms with Crippen LogP contribution in [-0.2, 0) is 11.3 Å². The van der Waals surface area contributed by atoms with Crippen LogP contribution < -0.4 is 4.74 Å². The Morgan fingerprint density at radius 2 is 2.08 bits per heavy atom. The van der Waals surface area contributed by atoms with Crippen LogP contribution in [0, 0.1) is 25.2 Å². The summed E-state index contributed by atoms with van der Waals surface area (Å²) in [6, 6.07) is 10.8. The Bertz CT molecular complexity index is 756. The molecule has 1 aromatic carbocycles. The topological polar surface area (TPSA) is 64.2 Å². The summed E-state index contributed by atoms with van der Waals surface area (Å²) in [7, 11) is 1.68. The molecule has 2 aromatic rings. The van der Waals surface area contributed by atoms with Crippen LogP contribution in [0.1, 0.15) is 33.7 Å². The highest BCUT2D eigenvalue weighted by atomic mass is 16.5. The molecule has 0 saturated heterocycles. The minimum atomic E-state index is -0.0662. The number of ether oxygens (including phenoxy) is 2. The summed E-state index contributed by atoms with van der Waals surface area (Å²) in [4.78, 5) is 12.5. The standard InChI is InChI=1S/C19H22N2O3/c1-14-10-18(15(2)21(14)8-5-9-23-3)19(22)13-24-17-7-4-6-16(11-17)12-20/h4,6-7,10-11H,5,8-9,13H2,1-3H3. The molecule has 0 radical (unpaired) electrons. The predicted molar refractivity (Wildman–Crippen MR) is 91.4 cm³/mol. The molecule has 5 heteroatoms. The van der Waals surface area contributed by atoms with Gasteiger partial charge in [0.1, 0.15) is 5.75 Å². The molecule has 0 bridgehead atoms. The second-order valence-corrected chi connectivity index (χ2v) is 5.63.